The molecular weight excluding hydrogens is 214 g/mol. The Balaban J connectivity index is 1.59. The Bertz CT molecular complexity index is 339. The summed E-state index contributed by atoms with van der Waals surface area (Å²) in [6.45, 7) is 2.96. The van der Waals surface area contributed by atoms with Gasteiger partial charge in [0.15, 0.2) is 0 Å². The van der Waals surface area contributed by atoms with E-state index in [0.717, 1.165) is 37.1 Å². The van der Waals surface area contributed by atoms with Gasteiger partial charge < -0.3 is 15.4 Å². The van der Waals surface area contributed by atoms with E-state index in [0.29, 0.717) is 0 Å². The molecule has 1 saturated carbocycles. The summed E-state index contributed by atoms with van der Waals surface area (Å²) in [4.78, 5) is 4.17. The summed E-state index contributed by atoms with van der Waals surface area (Å²) < 4.78 is 5.20. The maximum atomic E-state index is 5.20. The molecule has 1 aliphatic rings. The summed E-state index contributed by atoms with van der Waals surface area (Å²) in [5, 5.41) is 6.91. The monoisotopic (exact) mass is 235 g/mol. The molecule has 0 atom stereocenters. The highest BCUT2D eigenvalue weighted by molar-refractivity contribution is 5.24. The van der Waals surface area contributed by atoms with Crippen molar-refractivity contribution in [2.45, 2.75) is 31.8 Å². The van der Waals surface area contributed by atoms with Gasteiger partial charge in [0.2, 0.25) is 5.88 Å². The topological polar surface area (TPSA) is 46.2 Å². The highest BCUT2D eigenvalue weighted by atomic mass is 16.5. The van der Waals surface area contributed by atoms with Crippen LogP contribution in [0.4, 0.5) is 0 Å². The van der Waals surface area contributed by atoms with Crippen LogP contribution in [0.5, 0.6) is 5.88 Å². The van der Waals surface area contributed by atoms with Crippen molar-refractivity contribution in [1.82, 2.24) is 15.6 Å². The first-order valence-electron chi connectivity index (χ1n) is 6.32. The van der Waals surface area contributed by atoms with Crippen molar-refractivity contribution < 1.29 is 4.74 Å². The molecule has 2 rings (SSSR count). The maximum Gasteiger partial charge on any atom is 0.217 e. The third-order valence-corrected chi connectivity index (χ3v) is 2.90. The molecule has 94 valence electrons. The van der Waals surface area contributed by atoms with Crippen LogP contribution < -0.4 is 15.4 Å². The third-order valence-electron chi connectivity index (χ3n) is 2.90. The number of nitrogens with one attached hydrogen (secondary N) is 2. The van der Waals surface area contributed by atoms with Crippen LogP contribution in [0.15, 0.2) is 18.3 Å². The molecule has 1 aromatic heterocycles. The lowest BCUT2D eigenvalue weighted by Gasteiger charge is -2.08. The van der Waals surface area contributed by atoms with Crippen LogP contribution in [-0.2, 0) is 6.54 Å². The van der Waals surface area contributed by atoms with Crippen molar-refractivity contribution in [2.75, 3.05) is 20.2 Å². The Morgan fingerprint density at radius 1 is 1.41 bits per heavy atom. The summed E-state index contributed by atoms with van der Waals surface area (Å²) in [5.41, 5.74) is 1.12. The number of methoxy groups -OCH3 is 1. The van der Waals surface area contributed by atoms with Gasteiger partial charge in [-0.25, -0.2) is 4.98 Å². The maximum absolute atomic E-state index is 5.20. The minimum absolute atomic E-state index is 0.719. The molecule has 0 amide bonds. The van der Waals surface area contributed by atoms with E-state index < -0.39 is 0 Å². The van der Waals surface area contributed by atoms with E-state index in [2.05, 4.69) is 15.6 Å². The van der Waals surface area contributed by atoms with Gasteiger partial charge >= 0.3 is 0 Å². The fourth-order valence-corrected chi connectivity index (χ4v) is 1.77. The average Bonchev–Trinajstić information content (AvgIpc) is 3.18. The quantitative estimate of drug-likeness (QED) is 0.667. The van der Waals surface area contributed by atoms with Gasteiger partial charge in [-0.15, -0.1) is 0 Å². The highest BCUT2D eigenvalue weighted by Gasteiger charge is 2.19. The van der Waals surface area contributed by atoms with Crippen molar-refractivity contribution in [1.29, 1.82) is 0 Å². The molecule has 0 aliphatic heterocycles. The molecule has 0 unspecified atom stereocenters. The molecule has 0 aromatic carbocycles. The van der Waals surface area contributed by atoms with E-state index in [1.54, 1.807) is 13.3 Å². The Hall–Kier alpha value is -1.13. The molecule has 0 saturated heterocycles. The Kier molecular flexibility index (Phi) is 4.76. The molecule has 1 fully saturated rings. The molecule has 1 aromatic rings. The van der Waals surface area contributed by atoms with E-state index in [1.165, 1.54) is 19.3 Å². The fraction of sp³-hybridized carbons (Fsp3) is 0.615. The van der Waals surface area contributed by atoms with Crippen LogP contribution in [0.25, 0.3) is 0 Å². The zero-order valence-corrected chi connectivity index (χ0v) is 10.4. The molecule has 0 spiro atoms. The predicted octanol–water partition coefficient (Wildman–Crippen LogP) is 1.32. The Morgan fingerprint density at radius 3 is 3.06 bits per heavy atom. The fourth-order valence-electron chi connectivity index (χ4n) is 1.77. The van der Waals surface area contributed by atoms with Crippen LogP contribution >= 0.6 is 0 Å². The smallest absolute Gasteiger partial charge is 0.217 e. The van der Waals surface area contributed by atoms with E-state index in [1.807, 2.05) is 12.1 Å². The molecule has 0 bridgehead atoms. The summed E-state index contributed by atoms with van der Waals surface area (Å²) in [5.74, 6) is 0.719. The molecule has 1 aliphatic carbocycles. The first-order chi connectivity index (χ1) is 8.40. The van der Waals surface area contributed by atoms with Gasteiger partial charge in [-0.05, 0) is 38.4 Å². The lowest BCUT2D eigenvalue weighted by Crippen LogP contribution is -2.23. The number of ether oxygens (including phenoxy) is 1. The van der Waals surface area contributed by atoms with Crippen molar-refractivity contribution >= 4 is 0 Å². The normalized spacial score (nSPS) is 14.9. The van der Waals surface area contributed by atoms with Crippen molar-refractivity contribution in [3.8, 4) is 5.88 Å². The molecule has 1 heterocycles. The number of pyridine rings is 1. The minimum Gasteiger partial charge on any atom is -0.481 e. The van der Waals surface area contributed by atoms with Gasteiger partial charge in [0.05, 0.1) is 7.11 Å². The van der Waals surface area contributed by atoms with Gasteiger partial charge in [0, 0.05) is 24.3 Å². The van der Waals surface area contributed by atoms with Crippen molar-refractivity contribution in [2.24, 2.45) is 0 Å². The zero-order chi connectivity index (χ0) is 11.9. The summed E-state index contributed by atoms with van der Waals surface area (Å²) in [7, 11) is 1.66. The SMILES string of the molecule is COc1ncccc1CNCCCNC1CC1. The van der Waals surface area contributed by atoms with Crippen molar-refractivity contribution in [3.05, 3.63) is 23.9 Å². The number of hydrogen-bond donors (Lipinski definition) is 2. The number of nitrogens with zero attached hydrogens (tertiary/aromatic N) is 1. The highest BCUT2D eigenvalue weighted by Crippen LogP contribution is 2.18. The van der Waals surface area contributed by atoms with Gasteiger partial charge in [0.25, 0.3) is 0 Å². The van der Waals surface area contributed by atoms with E-state index in [-0.39, 0.29) is 0 Å². The Labute approximate surface area is 103 Å². The minimum atomic E-state index is 0.719. The first-order valence-corrected chi connectivity index (χ1v) is 6.32. The second-order valence-corrected chi connectivity index (χ2v) is 4.43. The lowest BCUT2D eigenvalue weighted by molar-refractivity contribution is 0.390. The molecule has 4 heteroatoms. The molecular formula is C13H21N3O. The van der Waals surface area contributed by atoms with Crippen molar-refractivity contribution in [3.63, 3.8) is 0 Å². The van der Waals surface area contributed by atoms with E-state index >= 15 is 0 Å². The first kappa shape index (κ1) is 12.3. The van der Waals surface area contributed by atoms with Crippen LogP contribution in [0.2, 0.25) is 0 Å². The summed E-state index contributed by atoms with van der Waals surface area (Å²) in [6.07, 6.45) is 5.64. The van der Waals surface area contributed by atoms with Gasteiger partial charge in [0.1, 0.15) is 0 Å². The molecule has 2 N–H and O–H groups in total. The second kappa shape index (κ2) is 6.57. The van der Waals surface area contributed by atoms with Crippen LogP contribution in [0, 0.1) is 0 Å². The van der Waals surface area contributed by atoms with Gasteiger partial charge in [-0.3, -0.25) is 0 Å². The van der Waals surface area contributed by atoms with Gasteiger partial charge in [-0.1, -0.05) is 6.07 Å². The molecule has 0 radical (unpaired) electrons. The number of rotatable bonds is 8. The standard InChI is InChI=1S/C13H21N3O/c1-17-13-11(4-2-8-16-13)10-14-7-3-9-15-12-5-6-12/h2,4,8,12,14-15H,3,5-7,9-10H2,1H3. The second-order valence-electron chi connectivity index (χ2n) is 4.43. The lowest BCUT2D eigenvalue weighted by atomic mass is 10.2. The van der Waals surface area contributed by atoms with Gasteiger partial charge in [-0.2, -0.15) is 0 Å². The molecule has 17 heavy (non-hydrogen) atoms. The van der Waals surface area contributed by atoms with Crippen LogP contribution in [-0.4, -0.2) is 31.2 Å². The average molecular weight is 235 g/mol. The molecule has 4 nitrogen and oxygen atoms in total. The van der Waals surface area contributed by atoms with Crippen LogP contribution in [0.3, 0.4) is 0 Å². The summed E-state index contributed by atoms with van der Waals surface area (Å²) in [6, 6.07) is 4.79. The van der Waals surface area contributed by atoms with E-state index in [4.69, 9.17) is 4.74 Å². The zero-order valence-electron chi connectivity index (χ0n) is 10.4. The number of aromatic nitrogens is 1. The predicted molar refractivity (Wildman–Crippen MR) is 68.1 cm³/mol. The van der Waals surface area contributed by atoms with Crippen LogP contribution in [0.1, 0.15) is 24.8 Å². The summed E-state index contributed by atoms with van der Waals surface area (Å²) >= 11 is 0. The Morgan fingerprint density at radius 2 is 2.29 bits per heavy atom. The number of hydrogen-bond acceptors (Lipinski definition) is 4. The van der Waals surface area contributed by atoms with E-state index in [9.17, 15) is 0 Å². The third kappa shape index (κ3) is 4.32. The largest absolute Gasteiger partial charge is 0.481 e.